The molecule has 1 heterocycles. The van der Waals surface area contributed by atoms with Crippen LogP contribution in [0, 0.1) is 0 Å². The summed E-state index contributed by atoms with van der Waals surface area (Å²) in [5.74, 6) is -0.110. The van der Waals surface area contributed by atoms with Crippen LogP contribution < -0.4 is 0 Å². The summed E-state index contributed by atoms with van der Waals surface area (Å²) in [6, 6.07) is 0. The van der Waals surface area contributed by atoms with Crippen LogP contribution in [0.25, 0.3) is 0 Å². The Hall–Kier alpha value is -1.06. The van der Waals surface area contributed by atoms with E-state index in [0.717, 1.165) is 19.5 Å². The summed E-state index contributed by atoms with van der Waals surface area (Å²) >= 11 is 0. The molecule has 4 nitrogen and oxygen atoms in total. The third-order valence-electron chi connectivity index (χ3n) is 1.70. The van der Waals surface area contributed by atoms with Gasteiger partial charge in [0.15, 0.2) is 0 Å². The molecule has 4 heteroatoms. The molecule has 1 aliphatic rings. The van der Waals surface area contributed by atoms with Gasteiger partial charge in [-0.2, -0.15) is 0 Å². The Morgan fingerprint density at radius 2 is 2.55 bits per heavy atom. The normalized spacial score (nSPS) is 17.9. The number of aliphatic carboxylic acids is 1. The standard InChI is InChI=1S/C7H12N2O2/c1-9-4-2-3-8-6(9)5-7(10)11/h2-5H2,1H3,(H,10,11). The van der Waals surface area contributed by atoms with Gasteiger partial charge in [-0.05, 0) is 6.42 Å². The minimum atomic E-state index is -0.808. The number of carboxylic acid groups (broad SMARTS) is 1. The van der Waals surface area contributed by atoms with Crippen LogP contribution in [0.15, 0.2) is 4.99 Å². The molecule has 0 saturated heterocycles. The van der Waals surface area contributed by atoms with Crippen LogP contribution in [-0.2, 0) is 4.79 Å². The molecule has 1 rings (SSSR count). The van der Waals surface area contributed by atoms with Crippen LogP contribution >= 0.6 is 0 Å². The van der Waals surface area contributed by atoms with Crippen LogP contribution in [0.3, 0.4) is 0 Å². The molecule has 0 spiro atoms. The topological polar surface area (TPSA) is 52.9 Å². The van der Waals surface area contributed by atoms with Crippen LogP contribution in [0.2, 0.25) is 0 Å². The van der Waals surface area contributed by atoms with Crippen molar-refractivity contribution in [3.05, 3.63) is 0 Å². The van der Waals surface area contributed by atoms with Gasteiger partial charge in [0.2, 0.25) is 0 Å². The number of carboxylic acids is 1. The molecule has 0 radical (unpaired) electrons. The maximum Gasteiger partial charge on any atom is 0.310 e. The third kappa shape index (κ3) is 2.22. The lowest BCUT2D eigenvalue weighted by Crippen LogP contribution is -2.33. The second-order valence-electron chi connectivity index (χ2n) is 2.64. The third-order valence-corrected chi connectivity index (χ3v) is 1.70. The molecule has 0 unspecified atom stereocenters. The van der Waals surface area contributed by atoms with E-state index < -0.39 is 5.97 Å². The minimum absolute atomic E-state index is 0.0521. The minimum Gasteiger partial charge on any atom is -0.481 e. The van der Waals surface area contributed by atoms with Gasteiger partial charge in [-0.15, -0.1) is 0 Å². The van der Waals surface area contributed by atoms with E-state index in [1.54, 1.807) is 0 Å². The van der Waals surface area contributed by atoms with Gasteiger partial charge in [0, 0.05) is 20.1 Å². The highest BCUT2D eigenvalue weighted by Crippen LogP contribution is 2.02. The molecular weight excluding hydrogens is 144 g/mol. The van der Waals surface area contributed by atoms with Gasteiger partial charge in [-0.25, -0.2) is 0 Å². The molecule has 1 N–H and O–H groups in total. The molecule has 0 aliphatic carbocycles. The van der Waals surface area contributed by atoms with Crippen LogP contribution in [0.4, 0.5) is 0 Å². The Morgan fingerprint density at radius 1 is 1.82 bits per heavy atom. The Balaban J connectivity index is 2.53. The second-order valence-corrected chi connectivity index (χ2v) is 2.64. The fourth-order valence-electron chi connectivity index (χ4n) is 1.09. The van der Waals surface area contributed by atoms with E-state index in [4.69, 9.17) is 5.11 Å². The van der Waals surface area contributed by atoms with E-state index in [9.17, 15) is 4.79 Å². The van der Waals surface area contributed by atoms with Crippen molar-refractivity contribution in [3.8, 4) is 0 Å². The zero-order valence-electron chi connectivity index (χ0n) is 6.58. The van der Waals surface area contributed by atoms with Gasteiger partial charge in [-0.3, -0.25) is 9.79 Å². The number of hydrogen-bond acceptors (Lipinski definition) is 3. The Morgan fingerprint density at radius 3 is 3.09 bits per heavy atom. The van der Waals surface area contributed by atoms with Crippen molar-refractivity contribution in [2.24, 2.45) is 4.99 Å². The summed E-state index contributed by atoms with van der Waals surface area (Å²) in [6.07, 6.45) is 1.08. The Kier molecular flexibility index (Phi) is 2.46. The van der Waals surface area contributed by atoms with E-state index >= 15 is 0 Å². The number of carbonyl (C=O) groups is 1. The molecule has 1 aliphatic heterocycles. The summed E-state index contributed by atoms with van der Waals surface area (Å²) in [6.45, 7) is 1.69. The average molecular weight is 156 g/mol. The molecular formula is C7H12N2O2. The molecule has 0 bridgehead atoms. The number of amidine groups is 1. The van der Waals surface area contributed by atoms with E-state index in [1.807, 2.05) is 11.9 Å². The predicted molar refractivity (Wildman–Crippen MR) is 41.8 cm³/mol. The Labute approximate surface area is 65.5 Å². The van der Waals surface area contributed by atoms with E-state index in [2.05, 4.69) is 4.99 Å². The largest absolute Gasteiger partial charge is 0.481 e. The molecule has 0 fully saturated rings. The highest BCUT2D eigenvalue weighted by Gasteiger charge is 2.13. The van der Waals surface area contributed by atoms with Gasteiger partial charge in [0.25, 0.3) is 0 Å². The maximum atomic E-state index is 10.3. The first kappa shape index (κ1) is 8.04. The zero-order valence-corrected chi connectivity index (χ0v) is 6.58. The quantitative estimate of drug-likeness (QED) is 0.621. The fraction of sp³-hybridized carbons (Fsp3) is 0.714. The summed E-state index contributed by atoms with van der Waals surface area (Å²) in [7, 11) is 1.88. The van der Waals surface area contributed by atoms with Crippen LogP contribution in [0.5, 0.6) is 0 Å². The molecule has 0 aromatic heterocycles. The molecule has 0 aromatic rings. The maximum absolute atomic E-state index is 10.3. The first-order valence-electron chi connectivity index (χ1n) is 3.66. The lowest BCUT2D eigenvalue weighted by Gasteiger charge is -2.23. The number of rotatable bonds is 2. The van der Waals surface area contributed by atoms with Gasteiger partial charge < -0.3 is 10.0 Å². The van der Waals surface area contributed by atoms with Crippen molar-refractivity contribution in [1.82, 2.24) is 4.90 Å². The summed E-state index contributed by atoms with van der Waals surface area (Å²) in [4.78, 5) is 16.3. The first-order chi connectivity index (χ1) is 5.20. The van der Waals surface area contributed by atoms with Crippen LogP contribution in [-0.4, -0.2) is 41.9 Å². The predicted octanol–water partition coefficient (Wildman–Crippen LogP) is 0.195. The van der Waals surface area contributed by atoms with E-state index in [1.165, 1.54) is 0 Å². The lowest BCUT2D eigenvalue weighted by molar-refractivity contribution is -0.135. The highest BCUT2D eigenvalue weighted by molar-refractivity contribution is 5.96. The van der Waals surface area contributed by atoms with Gasteiger partial charge >= 0.3 is 5.97 Å². The van der Waals surface area contributed by atoms with Crippen molar-refractivity contribution in [2.45, 2.75) is 12.8 Å². The van der Waals surface area contributed by atoms with Gasteiger partial charge in [0.05, 0.1) is 0 Å². The number of aliphatic imine (C=N–C) groups is 1. The molecule has 0 amide bonds. The van der Waals surface area contributed by atoms with E-state index in [0.29, 0.717) is 5.84 Å². The van der Waals surface area contributed by atoms with E-state index in [-0.39, 0.29) is 6.42 Å². The summed E-state index contributed by atoms with van der Waals surface area (Å²) in [5, 5.41) is 8.48. The van der Waals surface area contributed by atoms with Crippen LogP contribution in [0.1, 0.15) is 12.8 Å². The number of hydrogen-bond donors (Lipinski definition) is 1. The lowest BCUT2D eigenvalue weighted by atomic mass is 10.3. The number of nitrogens with zero attached hydrogens (tertiary/aromatic N) is 2. The monoisotopic (exact) mass is 156 g/mol. The van der Waals surface area contributed by atoms with Gasteiger partial charge in [0.1, 0.15) is 12.3 Å². The fourth-order valence-corrected chi connectivity index (χ4v) is 1.09. The zero-order chi connectivity index (χ0) is 8.27. The van der Waals surface area contributed by atoms with Gasteiger partial charge in [-0.1, -0.05) is 0 Å². The van der Waals surface area contributed by atoms with Crippen molar-refractivity contribution in [3.63, 3.8) is 0 Å². The molecule has 11 heavy (non-hydrogen) atoms. The first-order valence-corrected chi connectivity index (χ1v) is 3.66. The Bertz CT molecular complexity index is 189. The summed E-state index contributed by atoms with van der Waals surface area (Å²) < 4.78 is 0. The van der Waals surface area contributed by atoms with Crippen molar-refractivity contribution >= 4 is 11.8 Å². The SMILES string of the molecule is CN1CCCN=C1CC(=O)O. The van der Waals surface area contributed by atoms with Crippen molar-refractivity contribution in [1.29, 1.82) is 0 Å². The smallest absolute Gasteiger partial charge is 0.310 e. The highest BCUT2D eigenvalue weighted by atomic mass is 16.4. The molecule has 0 saturated carbocycles. The van der Waals surface area contributed by atoms with Crippen molar-refractivity contribution < 1.29 is 9.90 Å². The molecule has 0 aromatic carbocycles. The average Bonchev–Trinajstić information content (AvgIpc) is 1.93. The summed E-state index contributed by atoms with van der Waals surface area (Å²) in [5.41, 5.74) is 0. The van der Waals surface area contributed by atoms with Crippen molar-refractivity contribution in [2.75, 3.05) is 20.1 Å². The second kappa shape index (κ2) is 3.37. The molecule has 0 atom stereocenters. The molecule has 62 valence electrons.